The van der Waals surface area contributed by atoms with Crippen LogP contribution in [0.25, 0.3) is 0 Å². The van der Waals surface area contributed by atoms with Gasteiger partial charge in [0.1, 0.15) is 0 Å². The molecule has 0 aromatic rings. The number of carbonyl (C=O) groups excluding carboxylic acids is 1. The van der Waals surface area contributed by atoms with Gasteiger partial charge in [0.15, 0.2) is 0 Å². The van der Waals surface area contributed by atoms with Crippen molar-refractivity contribution in [1.29, 1.82) is 0 Å². The first kappa shape index (κ1) is 14.7. The van der Waals surface area contributed by atoms with E-state index in [1.165, 1.54) is 11.8 Å². The van der Waals surface area contributed by atoms with Crippen molar-refractivity contribution in [1.82, 2.24) is 0 Å². The number of thioether (sulfide) groups is 1. The fourth-order valence-corrected chi connectivity index (χ4v) is 1.72. The molecule has 0 saturated heterocycles. The van der Waals surface area contributed by atoms with E-state index in [0.29, 0.717) is 18.8 Å². The van der Waals surface area contributed by atoms with E-state index in [-0.39, 0.29) is 12.4 Å². The molecule has 0 aliphatic carbocycles. The zero-order chi connectivity index (χ0) is 11.5. The average molecular weight is 240 g/mol. The Labute approximate surface area is 93.8 Å². The minimum absolute atomic E-state index is 0.0408. The van der Waals surface area contributed by atoms with E-state index in [4.69, 9.17) is 4.74 Å². The molecule has 0 unspecified atom stereocenters. The minimum Gasteiger partial charge on any atom is -0.465 e. The first-order valence-electron chi connectivity index (χ1n) is 5.18. The van der Waals surface area contributed by atoms with Crippen LogP contribution in [-0.2, 0) is 9.53 Å². The molecule has 90 valence electrons. The molecule has 0 spiro atoms. The highest BCUT2D eigenvalue weighted by Gasteiger charge is 2.03. The lowest BCUT2D eigenvalue weighted by Crippen LogP contribution is -2.08. The third-order valence-corrected chi connectivity index (χ3v) is 2.67. The molecule has 0 saturated carbocycles. The molecule has 0 atom stereocenters. The topological polar surface area (TPSA) is 26.3 Å². The van der Waals surface area contributed by atoms with Crippen LogP contribution in [-0.4, -0.2) is 30.5 Å². The second-order valence-corrected chi connectivity index (χ2v) is 4.27. The van der Waals surface area contributed by atoms with E-state index in [9.17, 15) is 13.6 Å². The lowest BCUT2D eigenvalue weighted by molar-refractivity contribution is -0.140. The molecular weight excluding hydrogens is 222 g/mol. The van der Waals surface area contributed by atoms with Crippen LogP contribution < -0.4 is 0 Å². The standard InChI is InChI=1S/C10H18F2O2S/c1-2-6-14-10(13)8-15-7-4-3-5-9(11)12/h9H,2-8H2,1H3. The summed E-state index contributed by atoms with van der Waals surface area (Å²) in [6.07, 6.45) is -0.166. The number of halogens is 2. The number of unbranched alkanes of at least 4 members (excludes halogenated alkanes) is 1. The van der Waals surface area contributed by atoms with Crippen LogP contribution in [0.2, 0.25) is 0 Å². The van der Waals surface area contributed by atoms with Crippen molar-refractivity contribution in [3.05, 3.63) is 0 Å². The van der Waals surface area contributed by atoms with Gasteiger partial charge in [0.25, 0.3) is 0 Å². The van der Waals surface area contributed by atoms with Gasteiger partial charge in [0.2, 0.25) is 6.43 Å². The molecule has 0 N–H and O–H groups in total. The van der Waals surface area contributed by atoms with Crippen molar-refractivity contribution >= 4 is 17.7 Å². The Morgan fingerprint density at radius 1 is 1.40 bits per heavy atom. The Morgan fingerprint density at radius 2 is 2.13 bits per heavy atom. The molecule has 0 aliphatic rings. The van der Waals surface area contributed by atoms with Gasteiger partial charge in [0, 0.05) is 6.42 Å². The number of carbonyl (C=O) groups is 1. The maximum atomic E-state index is 11.7. The van der Waals surface area contributed by atoms with Crippen molar-refractivity contribution in [3.63, 3.8) is 0 Å². The number of hydrogen-bond acceptors (Lipinski definition) is 3. The van der Waals surface area contributed by atoms with Crippen molar-refractivity contribution in [2.45, 2.75) is 39.0 Å². The lowest BCUT2D eigenvalue weighted by atomic mass is 10.3. The van der Waals surface area contributed by atoms with Gasteiger partial charge in [-0.25, -0.2) is 8.78 Å². The Hall–Kier alpha value is -0.320. The fraction of sp³-hybridized carbons (Fsp3) is 0.900. The summed E-state index contributed by atoms with van der Waals surface area (Å²) in [5, 5.41) is 0. The van der Waals surface area contributed by atoms with Crippen LogP contribution in [0.15, 0.2) is 0 Å². The highest BCUT2D eigenvalue weighted by Crippen LogP contribution is 2.10. The zero-order valence-corrected chi connectivity index (χ0v) is 9.82. The Morgan fingerprint density at radius 3 is 2.73 bits per heavy atom. The maximum absolute atomic E-state index is 11.7. The Bertz CT molecular complexity index is 166. The second kappa shape index (κ2) is 10.2. The molecule has 0 radical (unpaired) electrons. The molecule has 5 heteroatoms. The van der Waals surface area contributed by atoms with Crippen LogP contribution in [0.3, 0.4) is 0 Å². The summed E-state index contributed by atoms with van der Waals surface area (Å²) in [4.78, 5) is 11.0. The third kappa shape index (κ3) is 11.6. The molecule has 0 heterocycles. The first-order chi connectivity index (χ1) is 7.16. The monoisotopic (exact) mass is 240 g/mol. The predicted octanol–water partition coefficient (Wildman–Crippen LogP) is 3.11. The van der Waals surface area contributed by atoms with E-state index < -0.39 is 6.43 Å². The number of ether oxygens (including phenoxy) is 1. The minimum atomic E-state index is -2.20. The third-order valence-electron chi connectivity index (χ3n) is 1.65. The molecular formula is C10H18F2O2S. The summed E-state index contributed by atoms with van der Waals surface area (Å²) in [6, 6.07) is 0. The summed E-state index contributed by atoms with van der Waals surface area (Å²) < 4.78 is 28.3. The van der Waals surface area contributed by atoms with Gasteiger partial charge in [-0.1, -0.05) is 6.92 Å². The van der Waals surface area contributed by atoms with Crippen LogP contribution in [0.5, 0.6) is 0 Å². The van der Waals surface area contributed by atoms with Gasteiger partial charge >= 0.3 is 5.97 Å². The molecule has 0 aromatic heterocycles. The summed E-state index contributed by atoms with van der Waals surface area (Å²) in [6.45, 7) is 2.40. The SMILES string of the molecule is CCCOC(=O)CSCCCCC(F)F. The van der Waals surface area contributed by atoms with Gasteiger partial charge in [-0.05, 0) is 25.0 Å². The van der Waals surface area contributed by atoms with Gasteiger partial charge in [-0.15, -0.1) is 0 Å². The number of alkyl halides is 2. The van der Waals surface area contributed by atoms with Crippen molar-refractivity contribution in [2.75, 3.05) is 18.1 Å². The highest BCUT2D eigenvalue weighted by atomic mass is 32.2. The van der Waals surface area contributed by atoms with Crippen molar-refractivity contribution in [2.24, 2.45) is 0 Å². The summed E-state index contributed by atoms with van der Waals surface area (Å²) >= 11 is 1.44. The Balaban J connectivity index is 3.13. The molecule has 0 fully saturated rings. The van der Waals surface area contributed by atoms with E-state index in [1.54, 1.807) is 0 Å². The molecule has 2 nitrogen and oxygen atoms in total. The Kier molecular flexibility index (Phi) is 9.99. The zero-order valence-electron chi connectivity index (χ0n) is 9.01. The number of esters is 1. The van der Waals surface area contributed by atoms with Gasteiger partial charge in [-0.3, -0.25) is 4.79 Å². The average Bonchev–Trinajstić information content (AvgIpc) is 2.19. The summed E-state index contributed by atoms with van der Waals surface area (Å²) in [5.41, 5.74) is 0. The van der Waals surface area contributed by atoms with Crippen molar-refractivity contribution in [3.8, 4) is 0 Å². The van der Waals surface area contributed by atoms with Gasteiger partial charge in [0.05, 0.1) is 12.4 Å². The van der Waals surface area contributed by atoms with Crippen LogP contribution in [0, 0.1) is 0 Å². The van der Waals surface area contributed by atoms with E-state index >= 15 is 0 Å². The quantitative estimate of drug-likeness (QED) is 0.457. The number of hydrogen-bond donors (Lipinski definition) is 0. The van der Waals surface area contributed by atoms with Gasteiger partial charge in [-0.2, -0.15) is 11.8 Å². The lowest BCUT2D eigenvalue weighted by Gasteiger charge is -2.03. The normalized spacial score (nSPS) is 10.7. The van der Waals surface area contributed by atoms with Crippen LogP contribution in [0.1, 0.15) is 32.6 Å². The highest BCUT2D eigenvalue weighted by molar-refractivity contribution is 7.99. The van der Waals surface area contributed by atoms with E-state index in [2.05, 4.69) is 0 Å². The first-order valence-corrected chi connectivity index (χ1v) is 6.33. The number of rotatable bonds is 9. The summed E-state index contributed by atoms with van der Waals surface area (Å²) in [7, 11) is 0. The molecule has 0 aromatic carbocycles. The summed E-state index contributed by atoms with van der Waals surface area (Å²) in [5.74, 6) is 0.860. The van der Waals surface area contributed by atoms with Crippen LogP contribution in [0.4, 0.5) is 8.78 Å². The second-order valence-electron chi connectivity index (χ2n) is 3.16. The van der Waals surface area contributed by atoms with E-state index in [1.807, 2.05) is 6.92 Å². The molecule has 0 bridgehead atoms. The largest absolute Gasteiger partial charge is 0.465 e. The van der Waals surface area contributed by atoms with Gasteiger partial charge < -0.3 is 4.74 Å². The van der Waals surface area contributed by atoms with E-state index in [0.717, 1.165) is 18.6 Å². The maximum Gasteiger partial charge on any atom is 0.315 e. The fourth-order valence-electron chi connectivity index (χ4n) is 0.916. The molecule has 0 rings (SSSR count). The smallest absolute Gasteiger partial charge is 0.315 e. The van der Waals surface area contributed by atoms with Crippen molar-refractivity contribution < 1.29 is 18.3 Å². The van der Waals surface area contributed by atoms with Crippen LogP contribution >= 0.6 is 11.8 Å². The molecule has 0 aliphatic heterocycles. The molecule has 15 heavy (non-hydrogen) atoms. The molecule has 0 amide bonds. The predicted molar refractivity (Wildman–Crippen MR) is 58.4 cm³/mol.